The van der Waals surface area contributed by atoms with E-state index in [1.54, 1.807) is 12.1 Å². The van der Waals surface area contributed by atoms with Crippen LogP contribution in [0.2, 0.25) is 0 Å². The van der Waals surface area contributed by atoms with Crippen molar-refractivity contribution in [3.05, 3.63) is 59.2 Å². The van der Waals surface area contributed by atoms with Gasteiger partial charge in [0.25, 0.3) is 5.91 Å². The fourth-order valence-corrected chi connectivity index (χ4v) is 2.15. The van der Waals surface area contributed by atoms with Gasteiger partial charge in [0.1, 0.15) is 12.4 Å². The van der Waals surface area contributed by atoms with E-state index in [0.29, 0.717) is 30.2 Å². The van der Waals surface area contributed by atoms with E-state index in [4.69, 9.17) is 10.5 Å². The lowest BCUT2D eigenvalue weighted by molar-refractivity contribution is 0.0947. The number of anilines is 1. The quantitative estimate of drug-likeness (QED) is 0.655. The maximum atomic E-state index is 12.0. The minimum absolute atomic E-state index is 0.0913. The van der Waals surface area contributed by atoms with Gasteiger partial charge in [0.15, 0.2) is 0 Å². The number of rotatable bonds is 5. The number of nitrogens with one attached hydrogen (secondary N) is 1. The van der Waals surface area contributed by atoms with E-state index >= 15 is 0 Å². The second kappa shape index (κ2) is 6.79. The van der Waals surface area contributed by atoms with E-state index in [0.717, 1.165) is 11.1 Å². The molecule has 0 saturated carbocycles. The Bertz CT molecular complexity index is 618. The number of ether oxygens (including phenoxy) is 1. The van der Waals surface area contributed by atoms with Crippen LogP contribution in [0.25, 0.3) is 0 Å². The van der Waals surface area contributed by atoms with Gasteiger partial charge in [0.05, 0.1) is 12.2 Å². The first kappa shape index (κ1) is 14.9. The molecule has 4 nitrogen and oxygen atoms in total. The van der Waals surface area contributed by atoms with Crippen LogP contribution in [0.4, 0.5) is 5.69 Å². The number of hydrogen-bond donors (Lipinski definition) is 2. The van der Waals surface area contributed by atoms with Crippen LogP contribution in [-0.2, 0) is 0 Å². The van der Waals surface area contributed by atoms with Crippen molar-refractivity contribution in [2.45, 2.75) is 13.8 Å². The number of para-hydroxylation sites is 2. The third kappa shape index (κ3) is 4.24. The molecule has 0 saturated heterocycles. The molecule has 0 aliphatic rings. The Labute approximate surface area is 124 Å². The lowest BCUT2D eigenvalue weighted by Crippen LogP contribution is -2.28. The second-order valence-electron chi connectivity index (χ2n) is 5.02. The number of carbonyl (C=O) groups is 1. The molecule has 2 aromatic rings. The van der Waals surface area contributed by atoms with Gasteiger partial charge in [-0.3, -0.25) is 4.79 Å². The molecule has 2 rings (SSSR count). The zero-order chi connectivity index (χ0) is 15.2. The molecule has 2 aromatic carbocycles. The first-order valence-electron chi connectivity index (χ1n) is 6.90. The van der Waals surface area contributed by atoms with Crippen molar-refractivity contribution in [1.82, 2.24) is 5.32 Å². The van der Waals surface area contributed by atoms with Crippen LogP contribution in [0.15, 0.2) is 42.5 Å². The lowest BCUT2D eigenvalue weighted by Gasteiger charge is -2.10. The minimum Gasteiger partial charge on any atom is -0.490 e. The number of amides is 1. The van der Waals surface area contributed by atoms with Crippen LogP contribution in [0, 0.1) is 13.8 Å². The Morgan fingerprint density at radius 2 is 1.81 bits per heavy atom. The van der Waals surface area contributed by atoms with Crippen LogP contribution in [-0.4, -0.2) is 19.1 Å². The molecule has 21 heavy (non-hydrogen) atoms. The molecular weight excluding hydrogens is 264 g/mol. The number of nitrogens with two attached hydrogens (primary N) is 1. The number of aryl methyl sites for hydroxylation is 2. The van der Waals surface area contributed by atoms with Gasteiger partial charge < -0.3 is 15.8 Å². The molecule has 0 aliphatic heterocycles. The highest BCUT2D eigenvalue weighted by Crippen LogP contribution is 2.19. The molecule has 0 unspecified atom stereocenters. The van der Waals surface area contributed by atoms with Gasteiger partial charge in [-0.25, -0.2) is 0 Å². The molecule has 0 atom stereocenters. The first-order valence-corrected chi connectivity index (χ1v) is 6.90. The third-order valence-corrected chi connectivity index (χ3v) is 3.05. The van der Waals surface area contributed by atoms with Gasteiger partial charge in [-0.15, -0.1) is 0 Å². The summed E-state index contributed by atoms with van der Waals surface area (Å²) in [6.07, 6.45) is 0. The molecule has 0 fully saturated rings. The summed E-state index contributed by atoms with van der Waals surface area (Å²) in [5.74, 6) is 0.546. The van der Waals surface area contributed by atoms with E-state index < -0.39 is 0 Å². The van der Waals surface area contributed by atoms with E-state index in [9.17, 15) is 4.79 Å². The fraction of sp³-hybridized carbons (Fsp3) is 0.235. The molecule has 0 aliphatic carbocycles. The van der Waals surface area contributed by atoms with E-state index in [-0.39, 0.29) is 5.91 Å². The summed E-state index contributed by atoms with van der Waals surface area (Å²) in [7, 11) is 0. The van der Waals surface area contributed by atoms with Gasteiger partial charge in [0, 0.05) is 5.56 Å². The average Bonchev–Trinajstić information content (AvgIpc) is 2.44. The number of hydrogen-bond acceptors (Lipinski definition) is 3. The number of benzene rings is 2. The SMILES string of the molecule is Cc1cc(C)cc(C(=O)NCCOc2ccccc2N)c1. The fourth-order valence-electron chi connectivity index (χ4n) is 2.15. The van der Waals surface area contributed by atoms with Crippen LogP contribution in [0.1, 0.15) is 21.5 Å². The van der Waals surface area contributed by atoms with E-state index in [2.05, 4.69) is 5.32 Å². The summed E-state index contributed by atoms with van der Waals surface area (Å²) in [5, 5.41) is 2.84. The smallest absolute Gasteiger partial charge is 0.251 e. The molecular formula is C17H20N2O2. The molecule has 0 bridgehead atoms. The first-order chi connectivity index (χ1) is 10.1. The standard InChI is InChI=1S/C17H20N2O2/c1-12-9-13(2)11-14(10-12)17(20)19-7-8-21-16-6-4-3-5-15(16)18/h3-6,9-11H,7-8,18H2,1-2H3,(H,19,20). The summed E-state index contributed by atoms with van der Waals surface area (Å²) in [6, 6.07) is 13.1. The highest BCUT2D eigenvalue weighted by Gasteiger charge is 2.06. The topological polar surface area (TPSA) is 64.3 Å². The van der Waals surface area contributed by atoms with Crippen LogP contribution in [0.5, 0.6) is 5.75 Å². The highest BCUT2D eigenvalue weighted by molar-refractivity contribution is 5.94. The maximum absolute atomic E-state index is 12.0. The van der Waals surface area contributed by atoms with Crippen LogP contribution >= 0.6 is 0 Å². The van der Waals surface area contributed by atoms with Crippen molar-refractivity contribution in [3.8, 4) is 5.75 Å². The minimum atomic E-state index is -0.0913. The van der Waals surface area contributed by atoms with Crippen molar-refractivity contribution in [1.29, 1.82) is 0 Å². The second-order valence-corrected chi connectivity index (χ2v) is 5.02. The number of carbonyl (C=O) groups excluding carboxylic acids is 1. The monoisotopic (exact) mass is 284 g/mol. The third-order valence-electron chi connectivity index (χ3n) is 3.05. The maximum Gasteiger partial charge on any atom is 0.251 e. The molecule has 1 amide bonds. The predicted octanol–water partition coefficient (Wildman–Crippen LogP) is 2.69. The summed E-state index contributed by atoms with van der Waals surface area (Å²) < 4.78 is 5.53. The molecule has 3 N–H and O–H groups in total. The highest BCUT2D eigenvalue weighted by atomic mass is 16.5. The van der Waals surface area contributed by atoms with Gasteiger partial charge in [-0.2, -0.15) is 0 Å². The van der Waals surface area contributed by atoms with Crippen molar-refractivity contribution in [2.24, 2.45) is 0 Å². The molecule has 0 heterocycles. The lowest BCUT2D eigenvalue weighted by atomic mass is 10.1. The van der Waals surface area contributed by atoms with E-state index in [1.807, 2.05) is 44.2 Å². The summed E-state index contributed by atoms with van der Waals surface area (Å²) in [4.78, 5) is 12.0. The Morgan fingerprint density at radius 3 is 2.48 bits per heavy atom. The Balaban J connectivity index is 1.83. The summed E-state index contributed by atoms with van der Waals surface area (Å²) in [6.45, 7) is 4.76. The summed E-state index contributed by atoms with van der Waals surface area (Å²) >= 11 is 0. The molecule has 0 radical (unpaired) electrons. The van der Waals surface area contributed by atoms with Crippen molar-refractivity contribution >= 4 is 11.6 Å². The predicted molar refractivity (Wildman–Crippen MR) is 84.6 cm³/mol. The van der Waals surface area contributed by atoms with Crippen LogP contribution < -0.4 is 15.8 Å². The van der Waals surface area contributed by atoms with Crippen LogP contribution in [0.3, 0.4) is 0 Å². The molecule has 0 aromatic heterocycles. The van der Waals surface area contributed by atoms with Gasteiger partial charge in [-0.1, -0.05) is 29.3 Å². The molecule has 110 valence electrons. The number of nitrogen functional groups attached to an aromatic ring is 1. The summed E-state index contributed by atoms with van der Waals surface area (Å²) in [5.41, 5.74) is 9.20. The average molecular weight is 284 g/mol. The zero-order valence-electron chi connectivity index (χ0n) is 12.3. The molecule has 4 heteroatoms. The van der Waals surface area contributed by atoms with Crippen molar-refractivity contribution in [3.63, 3.8) is 0 Å². The van der Waals surface area contributed by atoms with Crippen molar-refractivity contribution in [2.75, 3.05) is 18.9 Å². The Morgan fingerprint density at radius 1 is 1.14 bits per heavy atom. The van der Waals surface area contributed by atoms with E-state index in [1.165, 1.54) is 0 Å². The Kier molecular flexibility index (Phi) is 4.82. The van der Waals surface area contributed by atoms with Gasteiger partial charge in [0.2, 0.25) is 0 Å². The Hall–Kier alpha value is -2.49. The van der Waals surface area contributed by atoms with Gasteiger partial charge in [-0.05, 0) is 38.1 Å². The van der Waals surface area contributed by atoms with Crippen molar-refractivity contribution < 1.29 is 9.53 Å². The zero-order valence-corrected chi connectivity index (χ0v) is 12.3. The largest absolute Gasteiger partial charge is 0.490 e. The normalized spacial score (nSPS) is 10.2. The van der Waals surface area contributed by atoms with Gasteiger partial charge >= 0.3 is 0 Å². The molecule has 0 spiro atoms.